The van der Waals surface area contributed by atoms with Crippen LogP contribution in [0.5, 0.6) is 0 Å². The normalized spacial score (nSPS) is 9.44. The molecule has 48 valence electrons. The van der Waals surface area contributed by atoms with Gasteiger partial charge in [0.25, 0.3) is 0 Å². The molecule has 0 aromatic rings. The quantitative estimate of drug-likeness (QED) is 0.514. The second kappa shape index (κ2) is 3.12. The van der Waals surface area contributed by atoms with Crippen LogP contribution in [0.1, 0.15) is 20.3 Å². The molecule has 0 aromatic carbocycles. The zero-order valence-corrected chi connectivity index (χ0v) is 5.94. The molecule has 0 unspecified atom stereocenters. The molecule has 0 aromatic heterocycles. The van der Waals surface area contributed by atoms with Gasteiger partial charge in [0.05, 0.1) is 6.07 Å². The van der Waals surface area contributed by atoms with E-state index in [0.717, 1.165) is 0 Å². The standard InChI is InChI=1S/C8H11N/c1-4-5-8(2,3)6-7-9/h5H,1,6H2,2-3H3. The summed E-state index contributed by atoms with van der Waals surface area (Å²) < 4.78 is 0. The van der Waals surface area contributed by atoms with E-state index < -0.39 is 0 Å². The highest BCUT2D eigenvalue weighted by Gasteiger charge is 2.11. The number of rotatable bonds is 2. The van der Waals surface area contributed by atoms with Gasteiger partial charge in [-0.3, -0.25) is 0 Å². The van der Waals surface area contributed by atoms with Crippen LogP contribution in [0, 0.1) is 16.7 Å². The van der Waals surface area contributed by atoms with Gasteiger partial charge in [-0.15, -0.1) is 5.73 Å². The van der Waals surface area contributed by atoms with Gasteiger partial charge in [0, 0.05) is 11.8 Å². The Morgan fingerprint density at radius 2 is 2.22 bits per heavy atom. The molecule has 0 N–H and O–H groups in total. The van der Waals surface area contributed by atoms with Gasteiger partial charge >= 0.3 is 0 Å². The van der Waals surface area contributed by atoms with E-state index in [4.69, 9.17) is 5.26 Å². The van der Waals surface area contributed by atoms with Gasteiger partial charge in [0.15, 0.2) is 0 Å². The molecule has 1 heteroatoms. The molecule has 0 aliphatic heterocycles. The molecule has 0 atom stereocenters. The third-order valence-electron chi connectivity index (χ3n) is 1.03. The van der Waals surface area contributed by atoms with Crippen LogP contribution < -0.4 is 0 Å². The molecule has 9 heavy (non-hydrogen) atoms. The van der Waals surface area contributed by atoms with Gasteiger partial charge in [0.1, 0.15) is 0 Å². The molecule has 0 saturated heterocycles. The summed E-state index contributed by atoms with van der Waals surface area (Å²) in [6.45, 7) is 7.40. The van der Waals surface area contributed by atoms with Crippen LogP contribution in [-0.4, -0.2) is 0 Å². The van der Waals surface area contributed by atoms with Crippen molar-refractivity contribution in [3.63, 3.8) is 0 Å². The van der Waals surface area contributed by atoms with Crippen LogP contribution in [0.4, 0.5) is 0 Å². The van der Waals surface area contributed by atoms with E-state index in [2.05, 4.69) is 18.4 Å². The van der Waals surface area contributed by atoms with E-state index in [1.165, 1.54) is 0 Å². The first-order valence-corrected chi connectivity index (χ1v) is 2.86. The molecule has 0 rings (SSSR count). The van der Waals surface area contributed by atoms with Crippen molar-refractivity contribution in [3.8, 4) is 6.07 Å². The maximum absolute atomic E-state index is 8.31. The second-order valence-electron chi connectivity index (χ2n) is 2.67. The van der Waals surface area contributed by atoms with E-state index in [-0.39, 0.29) is 5.41 Å². The smallest absolute Gasteiger partial charge is 0.0630 e. The van der Waals surface area contributed by atoms with Crippen molar-refractivity contribution in [1.29, 1.82) is 5.26 Å². The Kier molecular flexibility index (Phi) is 2.78. The second-order valence-corrected chi connectivity index (χ2v) is 2.67. The van der Waals surface area contributed by atoms with Crippen LogP contribution in [0.3, 0.4) is 0 Å². The highest BCUT2D eigenvalue weighted by Crippen LogP contribution is 2.19. The summed E-state index contributed by atoms with van der Waals surface area (Å²) in [6.07, 6.45) is 2.34. The van der Waals surface area contributed by atoms with Crippen molar-refractivity contribution in [2.75, 3.05) is 0 Å². The zero-order valence-electron chi connectivity index (χ0n) is 5.94. The molecule has 0 radical (unpaired) electrons. The SMILES string of the molecule is C=C=CC(C)(C)CC#N. The fourth-order valence-corrected chi connectivity index (χ4v) is 0.531. The van der Waals surface area contributed by atoms with E-state index in [0.29, 0.717) is 6.42 Å². The van der Waals surface area contributed by atoms with E-state index in [9.17, 15) is 0 Å². The topological polar surface area (TPSA) is 23.8 Å². The van der Waals surface area contributed by atoms with Gasteiger partial charge < -0.3 is 0 Å². The molecule has 0 fully saturated rings. The number of hydrogen-bond donors (Lipinski definition) is 0. The summed E-state index contributed by atoms with van der Waals surface area (Å²) >= 11 is 0. The lowest BCUT2D eigenvalue weighted by Crippen LogP contribution is -2.04. The summed E-state index contributed by atoms with van der Waals surface area (Å²) in [5.41, 5.74) is 2.61. The number of nitrogens with zero attached hydrogens (tertiary/aromatic N) is 1. The molecule has 0 heterocycles. The molecule has 0 aliphatic rings. The van der Waals surface area contributed by atoms with Crippen LogP contribution in [0.2, 0.25) is 0 Å². The molecule has 0 spiro atoms. The van der Waals surface area contributed by atoms with Crippen LogP contribution in [-0.2, 0) is 0 Å². The van der Waals surface area contributed by atoms with Gasteiger partial charge in [-0.25, -0.2) is 0 Å². The number of allylic oxidation sites excluding steroid dienone is 1. The Labute approximate surface area is 56.3 Å². The number of hydrogen-bond acceptors (Lipinski definition) is 1. The summed E-state index contributed by atoms with van der Waals surface area (Å²) in [5, 5.41) is 8.31. The minimum absolute atomic E-state index is 0.0590. The monoisotopic (exact) mass is 121 g/mol. The fourth-order valence-electron chi connectivity index (χ4n) is 0.531. The first kappa shape index (κ1) is 8.01. The van der Waals surface area contributed by atoms with Crippen molar-refractivity contribution in [2.45, 2.75) is 20.3 Å². The van der Waals surface area contributed by atoms with Crippen LogP contribution >= 0.6 is 0 Å². The van der Waals surface area contributed by atoms with Crippen LogP contribution in [0.15, 0.2) is 18.4 Å². The molecular weight excluding hydrogens is 110 g/mol. The van der Waals surface area contributed by atoms with Gasteiger partial charge in [-0.2, -0.15) is 5.26 Å². The highest BCUT2D eigenvalue weighted by atomic mass is 14.3. The molecular formula is C8H11N. The van der Waals surface area contributed by atoms with Crippen molar-refractivity contribution in [2.24, 2.45) is 5.41 Å². The summed E-state index contributed by atoms with van der Waals surface area (Å²) in [5.74, 6) is 0. The Balaban J connectivity index is 4.05. The molecule has 0 amide bonds. The Morgan fingerprint density at radius 3 is 2.56 bits per heavy atom. The summed E-state index contributed by atoms with van der Waals surface area (Å²) in [7, 11) is 0. The van der Waals surface area contributed by atoms with Crippen molar-refractivity contribution in [3.05, 3.63) is 18.4 Å². The largest absolute Gasteiger partial charge is 0.198 e. The van der Waals surface area contributed by atoms with Gasteiger partial charge in [-0.1, -0.05) is 20.4 Å². The Bertz CT molecular complexity index is 165. The summed E-state index contributed by atoms with van der Waals surface area (Å²) in [4.78, 5) is 0. The number of nitriles is 1. The predicted octanol–water partition coefficient (Wildman–Crippen LogP) is 2.27. The lowest BCUT2D eigenvalue weighted by molar-refractivity contribution is 0.495. The van der Waals surface area contributed by atoms with Crippen molar-refractivity contribution < 1.29 is 0 Å². The predicted molar refractivity (Wildman–Crippen MR) is 37.7 cm³/mol. The highest BCUT2D eigenvalue weighted by molar-refractivity contribution is 4.96. The first-order valence-electron chi connectivity index (χ1n) is 2.86. The van der Waals surface area contributed by atoms with Crippen LogP contribution in [0.25, 0.3) is 0 Å². The third kappa shape index (κ3) is 3.58. The fraction of sp³-hybridized carbons (Fsp3) is 0.500. The van der Waals surface area contributed by atoms with Crippen molar-refractivity contribution >= 4 is 0 Å². The average molecular weight is 121 g/mol. The lowest BCUT2D eigenvalue weighted by Gasteiger charge is -2.12. The molecule has 0 saturated carbocycles. The maximum Gasteiger partial charge on any atom is 0.0630 e. The minimum Gasteiger partial charge on any atom is -0.198 e. The zero-order chi connectivity index (χ0) is 7.33. The maximum atomic E-state index is 8.31. The molecule has 1 nitrogen and oxygen atoms in total. The molecule has 0 aliphatic carbocycles. The Hall–Kier alpha value is -0.990. The van der Waals surface area contributed by atoms with E-state index in [1.54, 1.807) is 0 Å². The van der Waals surface area contributed by atoms with Gasteiger partial charge in [-0.05, 0) is 6.08 Å². The van der Waals surface area contributed by atoms with Crippen molar-refractivity contribution in [1.82, 2.24) is 0 Å². The third-order valence-corrected chi connectivity index (χ3v) is 1.03. The summed E-state index contributed by atoms with van der Waals surface area (Å²) in [6, 6.07) is 2.09. The first-order chi connectivity index (χ1) is 4.12. The van der Waals surface area contributed by atoms with E-state index >= 15 is 0 Å². The lowest BCUT2D eigenvalue weighted by atomic mass is 9.90. The van der Waals surface area contributed by atoms with Gasteiger partial charge in [0.2, 0.25) is 0 Å². The molecule has 0 bridgehead atoms. The minimum atomic E-state index is -0.0590. The van der Waals surface area contributed by atoms with E-state index in [1.807, 2.05) is 19.9 Å². The Morgan fingerprint density at radius 1 is 1.67 bits per heavy atom. The average Bonchev–Trinajstić information content (AvgIpc) is 1.64.